The van der Waals surface area contributed by atoms with Crippen LogP contribution < -0.4 is 4.74 Å². The van der Waals surface area contributed by atoms with Crippen molar-refractivity contribution >= 4 is 17.6 Å². The Kier molecular flexibility index (Phi) is 4.09. The molecule has 0 radical (unpaired) electrons. The van der Waals surface area contributed by atoms with E-state index in [0.29, 0.717) is 35.8 Å². The third-order valence-electron chi connectivity index (χ3n) is 3.00. The highest BCUT2D eigenvalue weighted by Gasteiger charge is 2.22. The zero-order valence-corrected chi connectivity index (χ0v) is 10.6. The van der Waals surface area contributed by atoms with Gasteiger partial charge in [-0.05, 0) is 30.5 Å². The van der Waals surface area contributed by atoms with E-state index in [9.17, 15) is 9.90 Å². The molecule has 0 bridgehead atoms. The van der Waals surface area contributed by atoms with Crippen LogP contribution in [0.25, 0.3) is 0 Å². The number of carboxylic acid groups (broad SMARTS) is 1. The topological polar surface area (TPSA) is 66.8 Å². The molecule has 0 spiro atoms. The van der Waals surface area contributed by atoms with Crippen LogP contribution in [0.5, 0.6) is 5.75 Å². The van der Waals surface area contributed by atoms with Crippen LogP contribution in [-0.2, 0) is 11.2 Å². The van der Waals surface area contributed by atoms with E-state index in [1.54, 1.807) is 6.07 Å². The molecule has 1 heterocycles. The molecule has 1 aliphatic heterocycles. The van der Waals surface area contributed by atoms with Crippen molar-refractivity contribution in [1.82, 2.24) is 0 Å². The lowest BCUT2D eigenvalue weighted by molar-refractivity contribution is -0.137. The van der Waals surface area contributed by atoms with Crippen LogP contribution in [0.3, 0.4) is 0 Å². The number of benzene rings is 1. The summed E-state index contributed by atoms with van der Waals surface area (Å²) >= 11 is 6.00. The van der Waals surface area contributed by atoms with Crippen molar-refractivity contribution in [3.05, 3.63) is 28.3 Å². The third kappa shape index (κ3) is 2.94. The van der Waals surface area contributed by atoms with Crippen LogP contribution in [0.15, 0.2) is 12.1 Å². The van der Waals surface area contributed by atoms with Gasteiger partial charge in [-0.2, -0.15) is 0 Å². The summed E-state index contributed by atoms with van der Waals surface area (Å²) in [6, 6.07) is 3.54. The average Bonchev–Trinajstić information content (AvgIpc) is 2.74. The van der Waals surface area contributed by atoms with Crippen molar-refractivity contribution in [2.75, 3.05) is 6.61 Å². The lowest BCUT2D eigenvalue weighted by Crippen LogP contribution is -2.02. The smallest absolute Gasteiger partial charge is 0.303 e. The first-order valence-corrected chi connectivity index (χ1v) is 6.30. The SMILES string of the molecule is O=C(O)CCCC(O)c1cc(Cl)cc2c1OCC2. The maximum Gasteiger partial charge on any atom is 0.303 e. The molecule has 1 unspecified atom stereocenters. The summed E-state index contributed by atoms with van der Waals surface area (Å²) in [6.45, 7) is 0.602. The number of aliphatic hydroxyl groups is 1. The summed E-state index contributed by atoms with van der Waals surface area (Å²) in [5, 5.41) is 19.2. The molecule has 0 fully saturated rings. The Labute approximate surface area is 110 Å². The molecule has 4 nitrogen and oxygen atoms in total. The number of hydrogen-bond donors (Lipinski definition) is 2. The van der Waals surface area contributed by atoms with Gasteiger partial charge in [-0.3, -0.25) is 4.79 Å². The predicted molar refractivity (Wildman–Crippen MR) is 67.1 cm³/mol. The summed E-state index contributed by atoms with van der Waals surface area (Å²) < 4.78 is 5.50. The highest BCUT2D eigenvalue weighted by atomic mass is 35.5. The molecular weight excluding hydrogens is 256 g/mol. The predicted octanol–water partition coefficient (Wildman–Crippen LogP) is 2.56. The van der Waals surface area contributed by atoms with Gasteiger partial charge in [-0.15, -0.1) is 0 Å². The van der Waals surface area contributed by atoms with Crippen LogP contribution in [0.1, 0.15) is 36.5 Å². The monoisotopic (exact) mass is 270 g/mol. The Balaban J connectivity index is 2.10. The van der Waals surface area contributed by atoms with Gasteiger partial charge in [0.05, 0.1) is 12.7 Å². The minimum atomic E-state index is -0.852. The molecule has 18 heavy (non-hydrogen) atoms. The van der Waals surface area contributed by atoms with E-state index in [2.05, 4.69) is 0 Å². The summed E-state index contributed by atoms with van der Waals surface area (Å²) in [4.78, 5) is 10.4. The standard InChI is InChI=1S/C13H15ClO4/c14-9-6-8-4-5-18-13(8)10(7-9)11(15)2-1-3-12(16)17/h6-7,11,15H,1-5H2,(H,16,17). The minimum absolute atomic E-state index is 0.0562. The van der Waals surface area contributed by atoms with Gasteiger partial charge < -0.3 is 14.9 Å². The molecular formula is C13H15ClO4. The van der Waals surface area contributed by atoms with E-state index in [1.165, 1.54) is 0 Å². The number of carboxylic acids is 1. The summed E-state index contributed by atoms with van der Waals surface area (Å²) in [5.41, 5.74) is 1.68. The summed E-state index contributed by atoms with van der Waals surface area (Å²) in [5.74, 6) is -0.142. The normalized spacial score (nSPS) is 15.0. The molecule has 1 aromatic rings. The van der Waals surface area contributed by atoms with E-state index in [0.717, 1.165) is 12.0 Å². The molecule has 0 saturated heterocycles. The molecule has 2 rings (SSSR count). The first-order valence-electron chi connectivity index (χ1n) is 5.93. The molecule has 1 atom stereocenters. The maximum atomic E-state index is 10.4. The van der Waals surface area contributed by atoms with Crippen LogP contribution >= 0.6 is 11.6 Å². The Bertz CT molecular complexity index is 459. The summed E-state index contributed by atoms with van der Waals surface area (Å²) in [6.07, 6.45) is 0.945. The highest BCUT2D eigenvalue weighted by molar-refractivity contribution is 6.30. The minimum Gasteiger partial charge on any atom is -0.493 e. The van der Waals surface area contributed by atoms with Gasteiger partial charge in [0.15, 0.2) is 0 Å². The number of hydrogen-bond acceptors (Lipinski definition) is 3. The molecule has 5 heteroatoms. The second-order valence-corrected chi connectivity index (χ2v) is 4.82. The third-order valence-corrected chi connectivity index (χ3v) is 3.22. The second kappa shape index (κ2) is 5.59. The number of aliphatic hydroxyl groups excluding tert-OH is 1. The molecule has 1 aromatic carbocycles. The Hall–Kier alpha value is -1.26. The van der Waals surface area contributed by atoms with E-state index < -0.39 is 12.1 Å². The maximum absolute atomic E-state index is 10.4. The number of halogens is 1. The number of fused-ring (bicyclic) bond motifs is 1. The van der Waals surface area contributed by atoms with E-state index >= 15 is 0 Å². The zero-order valence-electron chi connectivity index (χ0n) is 9.86. The van der Waals surface area contributed by atoms with Crippen molar-refractivity contribution < 1.29 is 19.7 Å². The Morgan fingerprint density at radius 2 is 2.28 bits per heavy atom. The average molecular weight is 271 g/mol. The molecule has 0 aliphatic carbocycles. The lowest BCUT2D eigenvalue weighted by atomic mass is 10.00. The van der Waals surface area contributed by atoms with Gasteiger partial charge in [0, 0.05) is 23.4 Å². The van der Waals surface area contributed by atoms with E-state index in [4.69, 9.17) is 21.4 Å². The fraction of sp³-hybridized carbons (Fsp3) is 0.462. The summed E-state index contributed by atoms with van der Waals surface area (Å²) in [7, 11) is 0. The second-order valence-electron chi connectivity index (χ2n) is 4.38. The van der Waals surface area contributed by atoms with Crippen molar-refractivity contribution in [1.29, 1.82) is 0 Å². The number of carbonyl (C=O) groups is 1. The first kappa shape index (κ1) is 13.2. The number of aliphatic carboxylic acids is 1. The Morgan fingerprint density at radius 1 is 1.50 bits per heavy atom. The largest absolute Gasteiger partial charge is 0.493 e. The van der Waals surface area contributed by atoms with Crippen LogP contribution in [0, 0.1) is 0 Å². The van der Waals surface area contributed by atoms with Crippen LogP contribution in [0.2, 0.25) is 5.02 Å². The quantitative estimate of drug-likeness (QED) is 0.863. The van der Waals surface area contributed by atoms with E-state index in [1.807, 2.05) is 6.07 Å². The van der Waals surface area contributed by atoms with Crippen molar-refractivity contribution in [2.24, 2.45) is 0 Å². The van der Waals surface area contributed by atoms with E-state index in [-0.39, 0.29) is 6.42 Å². The number of ether oxygens (including phenoxy) is 1. The fourth-order valence-electron chi connectivity index (χ4n) is 2.15. The van der Waals surface area contributed by atoms with Gasteiger partial charge in [0.1, 0.15) is 5.75 Å². The van der Waals surface area contributed by atoms with Crippen LogP contribution in [-0.4, -0.2) is 22.8 Å². The molecule has 2 N–H and O–H groups in total. The van der Waals surface area contributed by atoms with Crippen molar-refractivity contribution in [2.45, 2.75) is 31.8 Å². The van der Waals surface area contributed by atoms with Gasteiger partial charge in [0.2, 0.25) is 0 Å². The van der Waals surface area contributed by atoms with Crippen molar-refractivity contribution in [3.63, 3.8) is 0 Å². The van der Waals surface area contributed by atoms with Gasteiger partial charge in [0.25, 0.3) is 0 Å². The van der Waals surface area contributed by atoms with Gasteiger partial charge >= 0.3 is 5.97 Å². The van der Waals surface area contributed by atoms with Gasteiger partial charge in [-0.1, -0.05) is 11.6 Å². The molecule has 0 aromatic heterocycles. The Morgan fingerprint density at radius 3 is 3.00 bits per heavy atom. The first-order chi connectivity index (χ1) is 8.58. The fourth-order valence-corrected chi connectivity index (χ4v) is 2.40. The molecule has 0 saturated carbocycles. The molecule has 1 aliphatic rings. The van der Waals surface area contributed by atoms with Gasteiger partial charge in [-0.25, -0.2) is 0 Å². The zero-order chi connectivity index (χ0) is 13.1. The molecule has 0 amide bonds. The lowest BCUT2D eigenvalue weighted by Gasteiger charge is -2.14. The van der Waals surface area contributed by atoms with Crippen molar-refractivity contribution in [3.8, 4) is 5.75 Å². The molecule has 98 valence electrons. The number of rotatable bonds is 5. The van der Waals surface area contributed by atoms with Crippen LogP contribution in [0.4, 0.5) is 0 Å². The highest BCUT2D eigenvalue weighted by Crippen LogP contribution is 2.37.